The van der Waals surface area contributed by atoms with E-state index in [9.17, 15) is 35.5 Å². The van der Waals surface area contributed by atoms with Crippen molar-refractivity contribution in [3.05, 3.63) is 71.0 Å². The largest absolute Gasteiger partial charge is 0.416 e. The van der Waals surface area contributed by atoms with Crippen molar-refractivity contribution in [2.45, 2.75) is 56.8 Å². The Labute approximate surface area is 212 Å². The molecular formula is C26H31F7N2O2. The molecule has 2 aliphatic rings. The van der Waals surface area contributed by atoms with E-state index < -0.39 is 23.5 Å². The average Bonchev–Trinajstić information content (AvgIpc) is 3.22. The van der Waals surface area contributed by atoms with Crippen LogP contribution in [0.25, 0.3) is 0 Å². The van der Waals surface area contributed by atoms with E-state index in [1.54, 1.807) is 23.1 Å². The molecule has 4 rings (SSSR count). The van der Waals surface area contributed by atoms with Crippen LogP contribution in [0, 0.1) is 5.82 Å². The molecule has 2 fully saturated rings. The highest BCUT2D eigenvalue weighted by molar-refractivity contribution is 5.77. The van der Waals surface area contributed by atoms with Crippen LogP contribution in [0.1, 0.15) is 42.4 Å². The third-order valence-electron chi connectivity index (χ3n) is 5.49. The molecule has 2 aliphatic heterocycles. The van der Waals surface area contributed by atoms with Crippen molar-refractivity contribution in [1.29, 1.82) is 0 Å². The van der Waals surface area contributed by atoms with E-state index in [2.05, 4.69) is 0 Å². The van der Waals surface area contributed by atoms with Crippen molar-refractivity contribution in [3.63, 3.8) is 0 Å². The van der Waals surface area contributed by atoms with E-state index in [1.807, 2.05) is 26.0 Å². The highest BCUT2D eigenvalue weighted by atomic mass is 19.4. The fraction of sp³-hybridized carbons (Fsp3) is 0.500. The van der Waals surface area contributed by atoms with Crippen molar-refractivity contribution >= 4 is 5.91 Å². The minimum Gasteiger partial charge on any atom is -0.372 e. The lowest BCUT2D eigenvalue weighted by molar-refractivity contribution is -0.143. The summed E-state index contributed by atoms with van der Waals surface area (Å²) in [5.41, 5.74) is -2.90. The average molecular weight is 537 g/mol. The molecule has 2 heterocycles. The smallest absolute Gasteiger partial charge is 0.372 e. The van der Waals surface area contributed by atoms with Gasteiger partial charge < -0.3 is 14.5 Å². The van der Waals surface area contributed by atoms with E-state index >= 15 is 0 Å². The zero-order chi connectivity index (χ0) is 27.8. The summed E-state index contributed by atoms with van der Waals surface area (Å²) in [6.07, 6.45) is -7.50. The van der Waals surface area contributed by atoms with Crippen molar-refractivity contribution in [2.75, 3.05) is 27.7 Å². The molecule has 0 N–H and O–H groups in total. The predicted molar refractivity (Wildman–Crippen MR) is 125 cm³/mol. The van der Waals surface area contributed by atoms with Crippen LogP contribution in [-0.2, 0) is 28.5 Å². The Balaban J connectivity index is 0.000000363. The Morgan fingerprint density at radius 2 is 1.49 bits per heavy atom. The number of amides is 1. The van der Waals surface area contributed by atoms with Crippen molar-refractivity contribution in [1.82, 2.24) is 9.80 Å². The highest BCUT2D eigenvalue weighted by Crippen LogP contribution is 2.37. The van der Waals surface area contributed by atoms with Gasteiger partial charge in [0.2, 0.25) is 5.91 Å². The molecule has 2 aromatic carbocycles. The Bertz CT molecular complexity index is 960. The number of alkyl halides is 6. The summed E-state index contributed by atoms with van der Waals surface area (Å²) >= 11 is 0. The van der Waals surface area contributed by atoms with Crippen LogP contribution >= 0.6 is 0 Å². The number of hydrogen-bond acceptors (Lipinski definition) is 3. The SMILES string of the molecule is CN(C)C.Fc1ccccc1.O=C1CCCC2CC(OCc3cc(C(F)(F)F)cc(C(F)(F)F)c3)CN12. The van der Waals surface area contributed by atoms with Gasteiger partial charge >= 0.3 is 12.4 Å². The third kappa shape index (κ3) is 10.3. The van der Waals surface area contributed by atoms with Crippen LogP contribution in [0.3, 0.4) is 0 Å². The number of piperidine rings is 1. The number of benzene rings is 2. The van der Waals surface area contributed by atoms with Crippen molar-refractivity contribution in [3.8, 4) is 0 Å². The van der Waals surface area contributed by atoms with Gasteiger partial charge in [-0.3, -0.25) is 4.79 Å². The lowest BCUT2D eigenvalue weighted by Crippen LogP contribution is -2.39. The van der Waals surface area contributed by atoms with Gasteiger partial charge in [-0.05, 0) is 76.3 Å². The number of carbonyl (C=O) groups is 1. The second kappa shape index (κ2) is 13.2. The fourth-order valence-electron chi connectivity index (χ4n) is 3.94. The molecule has 206 valence electrons. The molecule has 0 saturated carbocycles. The second-order valence-corrected chi connectivity index (χ2v) is 9.31. The van der Waals surface area contributed by atoms with Crippen LogP contribution < -0.4 is 0 Å². The van der Waals surface area contributed by atoms with E-state index in [-0.39, 0.29) is 42.1 Å². The van der Waals surface area contributed by atoms with Gasteiger partial charge in [0.25, 0.3) is 0 Å². The molecule has 2 aromatic rings. The predicted octanol–water partition coefficient (Wildman–Crippen LogP) is 6.40. The number of nitrogens with zero attached hydrogens (tertiary/aromatic N) is 2. The molecule has 0 aliphatic carbocycles. The zero-order valence-electron chi connectivity index (χ0n) is 20.9. The number of fused-ring (bicyclic) bond motifs is 1. The number of rotatable bonds is 3. The molecule has 4 nitrogen and oxygen atoms in total. The monoisotopic (exact) mass is 536 g/mol. The summed E-state index contributed by atoms with van der Waals surface area (Å²) in [6.45, 7) is -0.0407. The quantitative estimate of drug-likeness (QED) is 0.426. The minimum atomic E-state index is -4.88. The maximum atomic E-state index is 12.9. The Morgan fingerprint density at radius 1 is 0.946 bits per heavy atom. The Kier molecular flexibility index (Phi) is 10.9. The first kappa shape index (κ1) is 30.6. The van der Waals surface area contributed by atoms with Crippen LogP contribution in [0.4, 0.5) is 30.7 Å². The van der Waals surface area contributed by atoms with Crippen LogP contribution in [0.2, 0.25) is 0 Å². The molecule has 1 amide bonds. The molecule has 37 heavy (non-hydrogen) atoms. The van der Waals surface area contributed by atoms with Gasteiger partial charge in [0.15, 0.2) is 0 Å². The standard InChI is InChI=1S/C17H17F6NO2.C6H5F.C3H9N/c18-16(19,20)11-4-10(5-12(6-11)17(21,22)23)9-26-14-7-13-2-1-3-15(25)24(13)8-14;7-6-4-2-1-3-5-6;1-4(2)3/h4-6,13-14H,1-3,7-9H2;1-5H;1-3H3. The maximum Gasteiger partial charge on any atom is 0.416 e. The van der Waals surface area contributed by atoms with E-state index in [4.69, 9.17) is 4.74 Å². The lowest BCUT2D eigenvalue weighted by Gasteiger charge is -2.28. The Hall–Kier alpha value is -2.66. The van der Waals surface area contributed by atoms with Crippen LogP contribution in [0.5, 0.6) is 0 Å². The molecule has 0 bridgehead atoms. The summed E-state index contributed by atoms with van der Waals surface area (Å²) in [6, 6.07) is 9.42. The fourth-order valence-corrected chi connectivity index (χ4v) is 3.94. The van der Waals surface area contributed by atoms with Crippen LogP contribution in [-0.4, -0.2) is 55.5 Å². The molecule has 0 spiro atoms. The van der Waals surface area contributed by atoms with E-state index in [0.29, 0.717) is 31.5 Å². The van der Waals surface area contributed by atoms with Gasteiger partial charge in [0.1, 0.15) is 5.82 Å². The number of ether oxygens (including phenoxy) is 1. The summed E-state index contributed by atoms with van der Waals surface area (Å²) in [7, 11) is 6.00. The summed E-state index contributed by atoms with van der Waals surface area (Å²) in [5, 5.41) is 0. The second-order valence-electron chi connectivity index (χ2n) is 9.31. The number of halogens is 7. The van der Waals surface area contributed by atoms with Gasteiger partial charge in [-0.1, -0.05) is 18.2 Å². The maximum absolute atomic E-state index is 12.9. The third-order valence-corrected chi connectivity index (χ3v) is 5.49. The minimum absolute atomic E-state index is 0.0192. The van der Waals surface area contributed by atoms with Crippen molar-refractivity contribution < 1.29 is 40.3 Å². The van der Waals surface area contributed by atoms with Gasteiger partial charge in [0.05, 0.1) is 23.8 Å². The molecule has 2 atom stereocenters. The Morgan fingerprint density at radius 3 is 1.92 bits per heavy atom. The molecule has 0 aromatic heterocycles. The molecule has 2 unspecified atom stereocenters. The van der Waals surface area contributed by atoms with Crippen molar-refractivity contribution in [2.24, 2.45) is 0 Å². The lowest BCUT2D eigenvalue weighted by atomic mass is 10.0. The van der Waals surface area contributed by atoms with Gasteiger partial charge in [-0.25, -0.2) is 4.39 Å². The first-order valence-corrected chi connectivity index (χ1v) is 11.7. The number of carbonyl (C=O) groups excluding carboxylic acids is 1. The van der Waals surface area contributed by atoms with Gasteiger partial charge in [-0.2, -0.15) is 26.3 Å². The molecule has 0 radical (unpaired) electrons. The summed E-state index contributed by atoms with van der Waals surface area (Å²) in [5.74, 6) is -0.159. The van der Waals surface area contributed by atoms with Gasteiger partial charge in [-0.15, -0.1) is 0 Å². The van der Waals surface area contributed by atoms with E-state index in [1.165, 1.54) is 12.1 Å². The number of hydrogen-bond donors (Lipinski definition) is 0. The highest BCUT2D eigenvalue weighted by Gasteiger charge is 2.39. The van der Waals surface area contributed by atoms with Gasteiger partial charge in [0, 0.05) is 19.0 Å². The first-order chi connectivity index (χ1) is 17.2. The summed E-state index contributed by atoms with van der Waals surface area (Å²) < 4.78 is 94.7. The normalized spacial score (nSPS) is 19.5. The first-order valence-electron chi connectivity index (χ1n) is 11.7. The van der Waals surface area contributed by atoms with Crippen LogP contribution in [0.15, 0.2) is 48.5 Å². The topological polar surface area (TPSA) is 32.8 Å². The summed E-state index contributed by atoms with van der Waals surface area (Å²) in [4.78, 5) is 15.5. The molecular weight excluding hydrogens is 505 g/mol. The molecule has 11 heteroatoms. The zero-order valence-corrected chi connectivity index (χ0v) is 20.9. The van der Waals surface area contributed by atoms with E-state index in [0.717, 1.165) is 12.8 Å². The molecule has 2 saturated heterocycles.